The van der Waals surface area contributed by atoms with Crippen LogP contribution in [0.1, 0.15) is 50.2 Å². The first-order chi connectivity index (χ1) is 12.9. The van der Waals surface area contributed by atoms with Crippen molar-refractivity contribution in [3.63, 3.8) is 0 Å². The van der Waals surface area contributed by atoms with Crippen molar-refractivity contribution < 1.29 is 19.5 Å². The summed E-state index contributed by atoms with van der Waals surface area (Å²) in [5, 5.41) is 9.26. The topological polar surface area (TPSA) is 74.7 Å². The SMILES string of the molecule is Cc1ccc(C(=O)c2ccccc2C(=O)N2CCC[C@H](C(=O)O)C2)cc1C. The fourth-order valence-corrected chi connectivity index (χ4v) is 3.44. The number of rotatable bonds is 4. The number of ketones is 1. The van der Waals surface area contributed by atoms with Crippen LogP contribution in [0, 0.1) is 19.8 Å². The van der Waals surface area contributed by atoms with Gasteiger partial charge in [-0.15, -0.1) is 0 Å². The van der Waals surface area contributed by atoms with Crippen molar-refractivity contribution in [1.82, 2.24) is 4.90 Å². The first-order valence-corrected chi connectivity index (χ1v) is 9.11. The molecule has 2 aromatic rings. The monoisotopic (exact) mass is 365 g/mol. The quantitative estimate of drug-likeness (QED) is 0.842. The minimum Gasteiger partial charge on any atom is -0.481 e. The zero-order valence-electron chi connectivity index (χ0n) is 15.6. The second-order valence-corrected chi connectivity index (χ2v) is 7.10. The van der Waals surface area contributed by atoms with Gasteiger partial charge in [0, 0.05) is 24.2 Å². The van der Waals surface area contributed by atoms with Crippen LogP contribution < -0.4 is 0 Å². The maximum Gasteiger partial charge on any atom is 0.308 e. The Hall–Kier alpha value is -2.95. The lowest BCUT2D eigenvalue weighted by molar-refractivity contribution is -0.143. The summed E-state index contributed by atoms with van der Waals surface area (Å²) in [4.78, 5) is 38.9. The summed E-state index contributed by atoms with van der Waals surface area (Å²) in [6.45, 7) is 4.62. The van der Waals surface area contributed by atoms with Crippen molar-refractivity contribution in [2.75, 3.05) is 13.1 Å². The number of likely N-dealkylation sites (tertiary alicyclic amines) is 1. The number of benzene rings is 2. The van der Waals surface area contributed by atoms with Crippen molar-refractivity contribution in [3.8, 4) is 0 Å². The van der Waals surface area contributed by atoms with E-state index in [0.29, 0.717) is 36.1 Å². The highest BCUT2D eigenvalue weighted by molar-refractivity contribution is 6.15. The first-order valence-electron chi connectivity index (χ1n) is 9.11. The highest BCUT2D eigenvalue weighted by Gasteiger charge is 2.30. The second-order valence-electron chi connectivity index (χ2n) is 7.10. The number of hydrogen-bond acceptors (Lipinski definition) is 3. The number of aryl methyl sites for hydroxylation is 2. The van der Waals surface area contributed by atoms with E-state index in [4.69, 9.17) is 0 Å². The second kappa shape index (κ2) is 7.74. The molecule has 140 valence electrons. The van der Waals surface area contributed by atoms with Crippen molar-refractivity contribution >= 4 is 17.7 Å². The highest BCUT2D eigenvalue weighted by Crippen LogP contribution is 2.22. The van der Waals surface area contributed by atoms with E-state index in [1.807, 2.05) is 26.0 Å². The van der Waals surface area contributed by atoms with Gasteiger partial charge >= 0.3 is 5.97 Å². The molecule has 0 unspecified atom stereocenters. The molecule has 1 atom stereocenters. The first kappa shape index (κ1) is 18.8. The van der Waals surface area contributed by atoms with Gasteiger partial charge in [-0.1, -0.05) is 30.3 Å². The molecule has 5 heteroatoms. The molecule has 2 aromatic carbocycles. The molecular weight excluding hydrogens is 342 g/mol. The molecule has 5 nitrogen and oxygen atoms in total. The predicted molar refractivity (Wildman–Crippen MR) is 102 cm³/mol. The molecule has 1 amide bonds. The van der Waals surface area contributed by atoms with Gasteiger partial charge in [0.1, 0.15) is 0 Å². The Morgan fingerprint density at radius 1 is 1.00 bits per heavy atom. The number of aliphatic carboxylic acids is 1. The Balaban J connectivity index is 1.91. The zero-order chi connectivity index (χ0) is 19.6. The van der Waals surface area contributed by atoms with Crippen LogP contribution in [0.4, 0.5) is 0 Å². The Bertz CT molecular complexity index is 903. The van der Waals surface area contributed by atoms with Crippen molar-refractivity contribution in [2.45, 2.75) is 26.7 Å². The standard InChI is InChI=1S/C22H23NO4/c1-14-9-10-16(12-15(14)2)20(24)18-7-3-4-8-19(18)21(25)23-11-5-6-17(13-23)22(26)27/h3-4,7-10,12,17H,5-6,11,13H2,1-2H3,(H,26,27)/t17-/m0/s1. The molecule has 0 spiro atoms. The van der Waals surface area contributed by atoms with Crippen LogP contribution in [-0.4, -0.2) is 40.8 Å². The zero-order valence-corrected chi connectivity index (χ0v) is 15.6. The van der Waals surface area contributed by atoms with Crippen LogP contribution in [0.25, 0.3) is 0 Å². The van der Waals surface area contributed by atoms with Gasteiger partial charge in [-0.25, -0.2) is 0 Å². The summed E-state index contributed by atoms with van der Waals surface area (Å²) in [5.74, 6) is -1.92. The average molecular weight is 365 g/mol. The number of carboxylic acids is 1. The van der Waals surface area contributed by atoms with E-state index in [1.54, 1.807) is 35.2 Å². The molecule has 1 aliphatic rings. The Labute approximate surface area is 158 Å². The minimum atomic E-state index is -0.882. The largest absolute Gasteiger partial charge is 0.481 e. The molecule has 3 rings (SSSR count). The highest BCUT2D eigenvalue weighted by atomic mass is 16.4. The lowest BCUT2D eigenvalue weighted by Gasteiger charge is -2.31. The third-order valence-electron chi connectivity index (χ3n) is 5.23. The maximum absolute atomic E-state index is 13.0. The van der Waals surface area contributed by atoms with Gasteiger partial charge in [0.05, 0.1) is 11.5 Å². The normalized spacial score (nSPS) is 16.8. The fourth-order valence-electron chi connectivity index (χ4n) is 3.44. The molecule has 0 radical (unpaired) electrons. The summed E-state index contributed by atoms with van der Waals surface area (Å²) in [7, 11) is 0. The Kier molecular flexibility index (Phi) is 5.40. The van der Waals surface area contributed by atoms with Gasteiger partial charge in [-0.3, -0.25) is 14.4 Å². The summed E-state index contributed by atoms with van der Waals surface area (Å²) >= 11 is 0. The van der Waals surface area contributed by atoms with Gasteiger partial charge in [-0.05, 0) is 49.9 Å². The summed E-state index contributed by atoms with van der Waals surface area (Å²) < 4.78 is 0. The van der Waals surface area contributed by atoms with Crippen molar-refractivity contribution in [3.05, 3.63) is 70.3 Å². The molecule has 1 heterocycles. The van der Waals surface area contributed by atoms with E-state index in [9.17, 15) is 19.5 Å². The molecule has 1 aliphatic heterocycles. The van der Waals surface area contributed by atoms with E-state index >= 15 is 0 Å². The van der Waals surface area contributed by atoms with E-state index in [-0.39, 0.29) is 18.2 Å². The van der Waals surface area contributed by atoms with E-state index in [2.05, 4.69) is 0 Å². The third kappa shape index (κ3) is 3.92. The number of hydrogen-bond donors (Lipinski definition) is 1. The Morgan fingerprint density at radius 2 is 1.70 bits per heavy atom. The maximum atomic E-state index is 13.0. The van der Waals surface area contributed by atoms with Gasteiger partial charge in [0.15, 0.2) is 5.78 Å². The van der Waals surface area contributed by atoms with Crippen LogP contribution in [0.15, 0.2) is 42.5 Å². The predicted octanol–water partition coefficient (Wildman–Crippen LogP) is 3.47. The summed E-state index contributed by atoms with van der Waals surface area (Å²) in [6.07, 6.45) is 1.22. The van der Waals surface area contributed by atoms with E-state index in [0.717, 1.165) is 11.1 Å². The molecular formula is C22H23NO4. The third-order valence-corrected chi connectivity index (χ3v) is 5.23. The van der Waals surface area contributed by atoms with E-state index < -0.39 is 11.9 Å². The summed E-state index contributed by atoms with van der Waals surface area (Å²) in [5.41, 5.74) is 3.34. The lowest BCUT2D eigenvalue weighted by atomic mass is 9.94. The molecule has 1 saturated heterocycles. The fraction of sp³-hybridized carbons (Fsp3) is 0.318. The molecule has 0 aromatic heterocycles. The van der Waals surface area contributed by atoms with Crippen molar-refractivity contribution in [2.24, 2.45) is 5.92 Å². The number of carbonyl (C=O) groups is 3. The number of carboxylic acid groups (broad SMARTS) is 1. The van der Waals surface area contributed by atoms with Crippen LogP contribution in [0.2, 0.25) is 0 Å². The molecule has 0 aliphatic carbocycles. The van der Waals surface area contributed by atoms with Crippen LogP contribution in [0.5, 0.6) is 0 Å². The minimum absolute atomic E-state index is 0.181. The van der Waals surface area contributed by atoms with Crippen molar-refractivity contribution in [1.29, 1.82) is 0 Å². The lowest BCUT2D eigenvalue weighted by Crippen LogP contribution is -2.42. The molecule has 1 fully saturated rings. The van der Waals surface area contributed by atoms with Gasteiger partial charge in [0.25, 0.3) is 5.91 Å². The molecule has 1 N–H and O–H groups in total. The summed E-state index contributed by atoms with van der Waals surface area (Å²) in [6, 6.07) is 12.3. The van der Waals surface area contributed by atoms with Crippen LogP contribution in [-0.2, 0) is 4.79 Å². The number of nitrogens with zero attached hydrogens (tertiary/aromatic N) is 1. The van der Waals surface area contributed by atoms with Crippen LogP contribution >= 0.6 is 0 Å². The van der Waals surface area contributed by atoms with Gasteiger partial charge < -0.3 is 10.0 Å². The molecule has 27 heavy (non-hydrogen) atoms. The van der Waals surface area contributed by atoms with Crippen LogP contribution in [0.3, 0.4) is 0 Å². The average Bonchev–Trinajstić information content (AvgIpc) is 2.69. The molecule has 0 saturated carbocycles. The van der Waals surface area contributed by atoms with Gasteiger partial charge in [-0.2, -0.15) is 0 Å². The number of piperidine rings is 1. The Morgan fingerprint density at radius 3 is 2.37 bits per heavy atom. The molecule has 0 bridgehead atoms. The number of amides is 1. The van der Waals surface area contributed by atoms with Gasteiger partial charge in [0.2, 0.25) is 0 Å². The van der Waals surface area contributed by atoms with E-state index in [1.165, 1.54) is 0 Å². The number of carbonyl (C=O) groups excluding carboxylic acids is 2. The smallest absolute Gasteiger partial charge is 0.308 e.